The highest BCUT2D eigenvalue weighted by molar-refractivity contribution is 9.10. The average Bonchev–Trinajstić information content (AvgIpc) is 2.67. The Balaban J connectivity index is 2.56. The first-order valence-electron chi connectivity index (χ1n) is 5.69. The van der Waals surface area contributed by atoms with Crippen molar-refractivity contribution in [3.63, 3.8) is 0 Å². The van der Waals surface area contributed by atoms with Gasteiger partial charge < -0.3 is 9.52 Å². The van der Waals surface area contributed by atoms with Gasteiger partial charge in [0.15, 0.2) is 0 Å². The minimum absolute atomic E-state index is 0.0163. The summed E-state index contributed by atoms with van der Waals surface area (Å²) in [5.74, 6) is -1.31. The zero-order valence-corrected chi connectivity index (χ0v) is 13.4. The predicted octanol–water partition coefficient (Wildman–Crippen LogP) is 2.55. The van der Waals surface area contributed by atoms with Crippen LogP contribution < -0.4 is 4.72 Å². The van der Waals surface area contributed by atoms with Crippen LogP contribution in [0.2, 0.25) is 0 Å². The van der Waals surface area contributed by atoms with Crippen LogP contribution in [-0.4, -0.2) is 24.5 Å². The number of carbonyl (C=O) groups is 1. The third kappa shape index (κ3) is 2.93. The largest absolute Gasteiger partial charge is 0.478 e. The molecular weight excluding hydrogens is 364 g/mol. The molecule has 2 aromatic heterocycles. The molecule has 112 valence electrons. The first kappa shape index (κ1) is 15.5. The summed E-state index contributed by atoms with van der Waals surface area (Å²) >= 11 is 3.16. The quantitative estimate of drug-likeness (QED) is 0.850. The fourth-order valence-corrected chi connectivity index (χ4v) is 3.86. The number of carboxylic acid groups (broad SMARTS) is 1. The van der Waals surface area contributed by atoms with Gasteiger partial charge in [-0.25, -0.2) is 13.2 Å². The lowest BCUT2D eigenvalue weighted by molar-refractivity contribution is 0.0691. The fourth-order valence-electron chi connectivity index (χ4n) is 1.89. The topological polar surface area (TPSA) is 110 Å². The molecule has 0 aliphatic carbocycles. The van der Waals surface area contributed by atoms with E-state index in [0.717, 1.165) is 0 Å². The van der Waals surface area contributed by atoms with E-state index < -0.39 is 16.0 Å². The van der Waals surface area contributed by atoms with Gasteiger partial charge in [0.1, 0.15) is 22.0 Å². The molecule has 0 aromatic carbocycles. The molecule has 0 aliphatic heterocycles. The first-order chi connectivity index (χ1) is 9.74. The van der Waals surface area contributed by atoms with E-state index in [-0.39, 0.29) is 27.7 Å². The van der Waals surface area contributed by atoms with Crippen molar-refractivity contribution in [2.45, 2.75) is 18.7 Å². The Morgan fingerprint density at radius 2 is 2.05 bits per heavy atom. The van der Waals surface area contributed by atoms with Crippen molar-refractivity contribution >= 4 is 37.6 Å². The summed E-state index contributed by atoms with van der Waals surface area (Å²) in [6.45, 7) is 2.80. The van der Waals surface area contributed by atoms with Gasteiger partial charge in [-0.05, 0) is 35.8 Å². The van der Waals surface area contributed by atoms with Crippen LogP contribution in [0.15, 0.2) is 32.2 Å². The Kier molecular flexibility index (Phi) is 4.06. The molecule has 2 rings (SSSR count). The third-order valence-corrected chi connectivity index (χ3v) is 4.85. The molecule has 0 unspecified atom stereocenters. The molecule has 2 aromatic rings. The molecule has 0 saturated heterocycles. The van der Waals surface area contributed by atoms with Crippen molar-refractivity contribution in [1.82, 2.24) is 4.98 Å². The molecule has 2 N–H and O–H groups in total. The number of pyridine rings is 1. The third-order valence-electron chi connectivity index (χ3n) is 2.70. The van der Waals surface area contributed by atoms with Crippen LogP contribution in [0.5, 0.6) is 0 Å². The SMILES string of the molecule is Cc1oc(C)c(S(=O)(=O)Nc2ccncc2Br)c1C(=O)O. The van der Waals surface area contributed by atoms with Gasteiger partial charge in [0, 0.05) is 12.4 Å². The van der Waals surface area contributed by atoms with Crippen molar-refractivity contribution in [3.05, 3.63) is 40.0 Å². The lowest BCUT2D eigenvalue weighted by Gasteiger charge is -2.09. The lowest BCUT2D eigenvalue weighted by atomic mass is 10.2. The number of aryl methyl sites for hydroxylation is 2. The summed E-state index contributed by atoms with van der Waals surface area (Å²) < 4.78 is 32.8. The maximum atomic E-state index is 12.4. The summed E-state index contributed by atoms with van der Waals surface area (Å²) in [5.41, 5.74) is -0.121. The van der Waals surface area contributed by atoms with Crippen LogP contribution in [0.4, 0.5) is 5.69 Å². The van der Waals surface area contributed by atoms with Crippen molar-refractivity contribution in [1.29, 1.82) is 0 Å². The van der Waals surface area contributed by atoms with Crippen LogP contribution >= 0.6 is 15.9 Å². The Morgan fingerprint density at radius 1 is 1.38 bits per heavy atom. The number of furan rings is 1. The van der Waals surface area contributed by atoms with Gasteiger partial charge in [0.25, 0.3) is 10.0 Å². The lowest BCUT2D eigenvalue weighted by Crippen LogP contribution is -2.17. The molecule has 21 heavy (non-hydrogen) atoms. The van der Waals surface area contributed by atoms with Crippen molar-refractivity contribution in [2.75, 3.05) is 4.72 Å². The van der Waals surface area contributed by atoms with Crippen LogP contribution in [-0.2, 0) is 10.0 Å². The molecule has 0 spiro atoms. The number of hydrogen-bond donors (Lipinski definition) is 2. The number of rotatable bonds is 4. The molecule has 0 saturated carbocycles. The van der Waals surface area contributed by atoms with E-state index in [1.807, 2.05) is 0 Å². The fraction of sp³-hybridized carbons (Fsp3) is 0.167. The first-order valence-corrected chi connectivity index (χ1v) is 7.97. The van der Waals surface area contributed by atoms with Gasteiger partial charge in [-0.15, -0.1) is 0 Å². The highest BCUT2D eigenvalue weighted by atomic mass is 79.9. The van der Waals surface area contributed by atoms with Crippen LogP contribution in [0, 0.1) is 13.8 Å². The Morgan fingerprint density at radius 3 is 2.62 bits per heavy atom. The number of aromatic nitrogens is 1. The number of hydrogen-bond acceptors (Lipinski definition) is 5. The minimum atomic E-state index is -4.10. The number of anilines is 1. The molecule has 0 bridgehead atoms. The predicted molar refractivity (Wildman–Crippen MR) is 77.9 cm³/mol. The molecule has 7 nitrogen and oxygen atoms in total. The van der Waals surface area contributed by atoms with E-state index in [4.69, 9.17) is 4.42 Å². The van der Waals surface area contributed by atoms with Gasteiger partial charge in [-0.3, -0.25) is 9.71 Å². The second kappa shape index (κ2) is 5.49. The number of aromatic carboxylic acids is 1. The maximum Gasteiger partial charge on any atom is 0.340 e. The van der Waals surface area contributed by atoms with Gasteiger partial charge in [-0.1, -0.05) is 0 Å². The van der Waals surface area contributed by atoms with Crippen molar-refractivity contribution < 1.29 is 22.7 Å². The summed E-state index contributed by atoms with van der Waals surface area (Å²) in [4.78, 5) is 14.7. The molecule has 0 atom stereocenters. The maximum absolute atomic E-state index is 12.4. The highest BCUT2D eigenvalue weighted by Crippen LogP contribution is 2.30. The summed E-state index contributed by atoms with van der Waals surface area (Å²) in [5, 5.41) is 9.17. The van der Waals surface area contributed by atoms with E-state index >= 15 is 0 Å². The zero-order valence-electron chi connectivity index (χ0n) is 11.0. The van der Waals surface area contributed by atoms with Crippen LogP contribution in [0.25, 0.3) is 0 Å². The van der Waals surface area contributed by atoms with E-state index in [1.165, 1.54) is 32.3 Å². The minimum Gasteiger partial charge on any atom is -0.478 e. The van der Waals surface area contributed by atoms with Crippen molar-refractivity contribution in [3.8, 4) is 0 Å². The molecule has 2 heterocycles. The summed E-state index contributed by atoms with van der Waals surface area (Å²) in [7, 11) is -4.10. The molecule has 0 amide bonds. The molecule has 0 fully saturated rings. The van der Waals surface area contributed by atoms with Crippen LogP contribution in [0.1, 0.15) is 21.9 Å². The number of halogens is 1. The smallest absolute Gasteiger partial charge is 0.340 e. The normalized spacial score (nSPS) is 11.4. The second-order valence-corrected chi connectivity index (χ2v) is 6.66. The summed E-state index contributed by atoms with van der Waals surface area (Å²) in [6.07, 6.45) is 2.83. The summed E-state index contributed by atoms with van der Waals surface area (Å²) in [6, 6.07) is 1.45. The Hall–Kier alpha value is -1.87. The van der Waals surface area contributed by atoms with Crippen molar-refractivity contribution in [2.24, 2.45) is 0 Å². The van der Waals surface area contributed by atoms with Gasteiger partial charge in [0.05, 0.1) is 10.2 Å². The molecule has 0 radical (unpaired) electrons. The van der Waals surface area contributed by atoms with E-state index in [0.29, 0.717) is 4.47 Å². The number of nitrogens with zero attached hydrogens (tertiary/aromatic N) is 1. The zero-order chi connectivity index (χ0) is 15.8. The Labute approximate surface area is 129 Å². The Bertz CT molecular complexity index is 813. The van der Waals surface area contributed by atoms with E-state index in [9.17, 15) is 18.3 Å². The number of nitrogens with one attached hydrogen (secondary N) is 1. The van der Waals surface area contributed by atoms with Gasteiger partial charge in [-0.2, -0.15) is 0 Å². The second-order valence-electron chi connectivity index (χ2n) is 4.18. The van der Waals surface area contributed by atoms with Gasteiger partial charge >= 0.3 is 5.97 Å². The highest BCUT2D eigenvalue weighted by Gasteiger charge is 2.31. The molecule has 0 aliphatic rings. The average molecular weight is 375 g/mol. The van der Waals surface area contributed by atoms with E-state index in [2.05, 4.69) is 25.6 Å². The number of sulfonamides is 1. The van der Waals surface area contributed by atoms with Gasteiger partial charge in [0.2, 0.25) is 0 Å². The monoisotopic (exact) mass is 374 g/mol. The van der Waals surface area contributed by atoms with Crippen LogP contribution in [0.3, 0.4) is 0 Å². The molecule has 9 heteroatoms. The standard InChI is InChI=1S/C12H11BrN2O5S/c1-6-10(12(16)17)11(7(2)20-6)21(18,19)15-9-3-4-14-5-8(9)13/h3-5H,1-2H3,(H,14,15)(H,16,17). The van der Waals surface area contributed by atoms with E-state index in [1.54, 1.807) is 0 Å². The molecular formula is C12H11BrN2O5S. The number of carboxylic acids is 1.